The molecule has 0 atom stereocenters. The second kappa shape index (κ2) is 7.59. The summed E-state index contributed by atoms with van der Waals surface area (Å²) < 4.78 is 21.5. The van der Waals surface area contributed by atoms with Gasteiger partial charge in [-0.3, -0.25) is 9.69 Å². The molecule has 1 aliphatic heterocycles. The van der Waals surface area contributed by atoms with Gasteiger partial charge in [0.05, 0.1) is 16.7 Å². The quantitative estimate of drug-likeness (QED) is 0.541. The van der Waals surface area contributed by atoms with Crippen molar-refractivity contribution in [2.75, 3.05) is 13.2 Å². The topological polar surface area (TPSA) is 63.1 Å². The molecule has 1 aliphatic rings. The minimum Gasteiger partial charge on any atom is -0.490 e. The number of H-pyrrole nitrogens is 1. The van der Waals surface area contributed by atoms with E-state index in [9.17, 15) is 9.18 Å². The molecule has 8 heteroatoms. The average molecular weight is 425 g/mol. The lowest BCUT2D eigenvalue weighted by molar-refractivity contribution is 0.219. The number of aromatic amines is 1. The van der Waals surface area contributed by atoms with Crippen molar-refractivity contribution in [3.63, 3.8) is 0 Å². The Balaban J connectivity index is 1.51. The highest BCUT2D eigenvalue weighted by molar-refractivity contribution is 6.32. The van der Waals surface area contributed by atoms with Crippen LogP contribution in [0.3, 0.4) is 0 Å². The summed E-state index contributed by atoms with van der Waals surface area (Å²) in [7, 11) is 0. The van der Waals surface area contributed by atoms with Crippen LogP contribution in [0.5, 0.6) is 5.75 Å². The summed E-state index contributed by atoms with van der Waals surface area (Å²) >= 11 is 6.57. The van der Waals surface area contributed by atoms with Gasteiger partial charge in [-0.1, -0.05) is 11.6 Å². The summed E-state index contributed by atoms with van der Waals surface area (Å²) in [6, 6.07) is 12.0. The van der Waals surface area contributed by atoms with Crippen LogP contribution in [0.1, 0.15) is 11.1 Å². The maximum absolute atomic E-state index is 13.6. The highest BCUT2D eigenvalue weighted by atomic mass is 35.5. The highest BCUT2D eigenvalue weighted by Crippen LogP contribution is 2.35. The van der Waals surface area contributed by atoms with Crippen LogP contribution in [-0.4, -0.2) is 32.8 Å². The Bertz CT molecular complexity index is 1300. The van der Waals surface area contributed by atoms with Crippen LogP contribution in [-0.2, 0) is 13.1 Å². The third-order valence-corrected chi connectivity index (χ3v) is 5.49. The zero-order chi connectivity index (χ0) is 20.7. The Morgan fingerprint density at radius 1 is 1.20 bits per heavy atom. The molecule has 5 rings (SSSR count). The molecule has 1 N–H and O–H groups in total. The molecule has 0 bridgehead atoms. The molecule has 3 heterocycles. The molecule has 0 radical (unpaired) electrons. The van der Waals surface area contributed by atoms with E-state index in [0.29, 0.717) is 37.0 Å². The predicted molar refractivity (Wildman–Crippen MR) is 113 cm³/mol. The van der Waals surface area contributed by atoms with Gasteiger partial charge in [-0.15, -0.1) is 0 Å². The van der Waals surface area contributed by atoms with Gasteiger partial charge in [0.1, 0.15) is 18.2 Å². The van der Waals surface area contributed by atoms with Crippen molar-refractivity contribution >= 4 is 22.5 Å². The molecular weight excluding hydrogens is 407 g/mol. The fourth-order valence-corrected chi connectivity index (χ4v) is 4.17. The first kappa shape index (κ1) is 18.8. The standard InChI is InChI=1S/C22H18ClFN4O2/c23-19-10-18(28-4-3-15-8-17(24)1-2-20(15)28)9-16-13-27(5-6-30-22(16)19)12-14-7-21(29)26-25-11-14/h1-4,7-11H,5-6,12-13H2,(H,26,29). The van der Waals surface area contributed by atoms with Crippen LogP contribution in [0, 0.1) is 5.82 Å². The van der Waals surface area contributed by atoms with Crippen molar-refractivity contribution in [3.05, 3.63) is 87.2 Å². The van der Waals surface area contributed by atoms with Crippen molar-refractivity contribution in [2.24, 2.45) is 0 Å². The molecular formula is C22H18ClFN4O2. The first-order chi connectivity index (χ1) is 14.6. The zero-order valence-corrected chi connectivity index (χ0v) is 16.7. The monoisotopic (exact) mass is 424 g/mol. The van der Waals surface area contributed by atoms with Gasteiger partial charge in [0.25, 0.3) is 5.56 Å². The maximum Gasteiger partial charge on any atom is 0.264 e. The first-order valence-corrected chi connectivity index (χ1v) is 9.93. The molecule has 0 spiro atoms. The molecule has 0 aliphatic carbocycles. The van der Waals surface area contributed by atoms with Gasteiger partial charge in [-0.25, -0.2) is 9.49 Å². The van der Waals surface area contributed by atoms with Crippen molar-refractivity contribution in [1.82, 2.24) is 19.7 Å². The van der Waals surface area contributed by atoms with Gasteiger partial charge < -0.3 is 9.30 Å². The molecule has 6 nitrogen and oxygen atoms in total. The van der Waals surface area contributed by atoms with Crippen LogP contribution < -0.4 is 10.3 Å². The Morgan fingerprint density at radius 2 is 2.10 bits per heavy atom. The lowest BCUT2D eigenvalue weighted by Crippen LogP contribution is -2.26. The zero-order valence-electron chi connectivity index (χ0n) is 15.9. The van der Waals surface area contributed by atoms with E-state index >= 15 is 0 Å². The van der Waals surface area contributed by atoms with Crippen LogP contribution in [0.15, 0.2) is 59.7 Å². The van der Waals surface area contributed by atoms with Gasteiger partial charge in [0.2, 0.25) is 0 Å². The molecule has 0 saturated heterocycles. The number of hydrogen-bond donors (Lipinski definition) is 1. The second-order valence-electron chi connectivity index (χ2n) is 7.32. The molecule has 0 saturated carbocycles. The lowest BCUT2D eigenvalue weighted by Gasteiger charge is -2.19. The summed E-state index contributed by atoms with van der Waals surface area (Å²) in [6.07, 6.45) is 3.56. The van der Waals surface area contributed by atoms with Gasteiger partial charge >= 0.3 is 0 Å². The number of halogens is 2. The van der Waals surface area contributed by atoms with E-state index in [1.165, 1.54) is 12.1 Å². The van der Waals surface area contributed by atoms with E-state index < -0.39 is 0 Å². The number of benzene rings is 2. The molecule has 2 aromatic heterocycles. The Labute approximate surface area is 176 Å². The van der Waals surface area contributed by atoms with E-state index in [2.05, 4.69) is 15.1 Å². The Kier molecular flexibility index (Phi) is 4.77. The fourth-order valence-electron chi connectivity index (χ4n) is 3.88. The number of ether oxygens (including phenoxy) is 1. The van der Waals surface area contributed by atoms with Gasteiger partial charge in [0, 0.05) is 48.5 Å². The van der Waals surface area contributed by atoms with Crippen LogP contribution >= 0.6 is 11.6 Å². The molecule has 152 valence electrons. The Hall–Kier alpha value is -3.16. The normalized spacial score (nSPS) is 14.3. The van der Waals surface area contributed by atoms with Crippen molar-refractivity contribution < 1.29 is 9.13 Å². The first-order valence-electron chi connectivity index (χ1n) is 9.55. The fraction of sp³-hybridized carbons (Fsp3) is 0.182. The number of fused-ring (bicyclic) bond motifs is 2. The Morgan fingerprint density at radius 3 is 2.97 bits per heavy atom. The molecule has 4 aromatic rings. The van der Waals surface area contributed by atoms with E-state index in [1.54, 1.807) is 18.3 Å². The predicted octanol–water partition coefficient (Wildman–Crippen LogP) is 3.90. The average Bonchev–Trinajstić information content (AvgIpc) is 3.01. The van der Waals surface area contributed by atoms with Gasteiger partial charge in [-0.05, 0) is 42.0 Å². The number of nitrogens with one attached hydrogen (secondary N) is 1. The number of nitrogens with zero attached hydrogens (tertiary/aromatic N) is 3. The summed E-state index contributed by atoms with van der Waals surface area (Å²) in [5.74, 6) is 0.410. The summed E-state index contributed by atoms with van der Waals surface area (Å²) in [4.78, 5) is 13.7. The van der Waals surface area contributed by atoms with Gasteiger partial charge in [0.15, 0.2) is 0 Å². The van der Waals surface area contributed by atoms with Crippen molar-refractivity contribution in [3.8, 4) is 11.4 Å². The third-order valence-electron chi connectivity index (χ3n) is 5.21. The van der Waals surface area contributed by atoms with Gasteiger partial charge in [-0.2, -0.15) is 5.10 Å². The minimum absolute atomic E-state index is 0.222. The minimum atomic E-state index is -0.265. The maximum atomic E-state index is 13.6. The van der Waals surface area contributed by atoms with Crippen molar-refractivity contribution in [1.29, 1.82) is 0 Å². The van der Waals surface area contributed by atoms with E-state index in [1.807, 2.05) is 29.0 Å². The summed E-state index contributed by atoms with van der Waals surface area (Å²) in [5.41, 5.74) is 3.34. The largest absolute Gasteiger partial charge is 0.490 e. The highest BCUT2D eigenvalue weighted by Gasteiger charge is 2.20. The molecule has 30 heavy (non-hydrogen) atoms. The number of hydrogen-bond acceptors (Lipinski definition) is 4. The van der Waals surface area contributed by atoms with Crippen LogP contribution in [0.2, 0.25) is 5.02 Å². The lowest BCUT2D eigenvalue weighted by atomic mass is 10.1. The molecule has 0 unspecified atom stereocenters. The smallest absolute Gasteiger partial charge is 0.264 e. The second-order valence-corrected chi connectivity index (χ2v) is 7.72. The van der Waals surface area contributed by atoms with E-state index in [0.717, 1.165) is 27.7 Å². The van der Waals surface area contributed by atoms with Crippen molar-refractivity contribution in [2.45, 2.75) is 13.1 Å². The molecule has 0 amide bonds. The number of rotatable bonds is 3. The number of aromatic nitrogens is 3. The SMILES string of the molecule is O=c1cc(CN2CCOc3c(Cl)cc(-n4ccc5cc(F)ccc54)cc3C2)cn[nH]1. The van der Waals surface area contributed by atoms with Crippen LogP contribution in [0.4, 0.5) is 4.39 Å². The summed E-state index contributed by atoms with van der Waals surface area (Å²) in [6.45, 7) is 2.38. The van der Waals surface area contributed by atoms with E-state index in [-0.39, 0.29) is 11.4 Å². The van der Waals surface area contributed by atoms with Crippen LogP contribution in [0.25, 0.3) is 16.6 Å². The summed E-state index contributed by atoms with van der Waals surface area (Å²) in [5, 5.41) is 7.61. The van der Waals surface area contributed by atoms with E-state index in [4.69, 9.17) is 16.3 Å². The molecule has 2 aromatic carbocycles. The third kappa shape index (κ3) is 3.58. The molecule has 0 fully saturated rings.